The lowest BCUT2D eigenvalue weighted by atomic mass is 10.1. The van der Waals surface area contributed by atoms with Crippen LogP contribution in [-0.2, 0) is 19.1 Å². The Kier molecular flexibility index (Phi) is 6.84. The molecule has 0 saturated carbocycles. The maximum atomic E-state index is 12.4. The van der Waals surface area contributed by atoms with E-state index in [9.17, 15) is 14.4 Å². The highest BCUT2D eigenvalue weighted by Crippen LogP contribution is 2.35. The number of esters is 1. The van der Waals surface area contributed by atoms with Gasteiger partial charge in [0.1, 0.15) is 5.75 Å². The van der Waals surface area contributed by atoms with Gasteiger partial charge < -0.3 is 19.7 Å². The molecule has 1 fully saturated rings. The molecule has 1 aliphatic rings. The number of nitrogens with one attached hydrogen (secondary N) is 1. The van der Waals surface area contributed by atoms with Gasteiger partial charge in [-0.25, -0.2) is 0 Å². The number of methoxy groups -OCH3 is 1. The summed E-state index contributed by atoms with van der Waals surface area (Å²) >= 11 is 12.1. The maximum Gasteiger partial charge on any atom is 0.311 e. The van der Waals surface area contributed by atoms with Crippen LogP contribution in [0, 0.1) is 12.8 Å². The third-order valence-electron chi connectivity index (χ3n) is 4.78. The molecular formula is C21H20Cl2N2O5. The highest BCUT2D eigenvalue weighted by Gasteiger charge is 2.37. The van der Waals surface area contributed by atoms with Crippen LogP contribution in [-0.4, -0.2) is 38.0 Å². The van der Waals surface area contributed by atoms with E-state index in [1.165, 1.54) is 12.0 Å². The Morgan fingerprint density at radius 2 is 2.00 bits per heavy atom. The quantitative estimate of drug-likeness (QED) is 0.675. The Morgan fingerprint density at radius 3 is 2.73 bits per heavy atom. The summed E-state index contributed by atoms with van der Waals surface area (Å²) in [4.78, 5) is 38.4. The monoisotopic (exact) mass is 450 g/mol. The molecule has 1 saturated heterocycles. The topological polar surface area (TPSA) is 84.9 Å². The molecule has 0 aliphatic carbocycles. The van der Waals surface area contributed by atoms with Crippen molar-refractivity contribution in [3.05, 3.63) is 52.0 Å². The first-order valence-corrected chi connectivity index (χ1v) is 9.91. The van der Waals surface area contributed by atoms with Gasteiger partial charge in [-0.2, -0.15) is 0 Å². The normalized spacial score (nSPS) is 15.8. The van der Waals surface area contributed by atoms with Crippen molar-refractivity contribution in [2.75, 3.05) is 30.5 Å². The van der Waals surface area contributed by atoms with E-state index in [2.05, 4.69) is 5.32 Å². The molecule has 2 aromatic carbocycles. The molecule has 0 radical (unpaired) electrons. The van der Waals surface area contributed by atoms with Crippen LogP contribution in [0.5, 0.6) is 5.75 Å². The second kappa shape index (κ2) is 9.36. The summed E-state index contributed by atoms with van der Waals surface area (Å²) in [7, 11) is 1.49. The van der Waals surface area contributed by atoms with Gasteiger partial charge in [0.25, 0.3) is 5.91 Å². The lowest BCUT2D eigenvalue weighted by Gasteiger charge is -2.19. The second-order valence-electron chi connectivity index (χ2n) is 6.79. The average molecular weight is 451 g/mol. The van der Waals surface area contributed by atoms with E-state index in [4.69, 9.17) is 32.7 Å². The molecule has 0 spiro atoms. The predicted octanol–water partition coefficient (Wildman–Crippen LogP) is 3.85. The van der Waals surface area contributed by atoms with Gasteiger partial charge in [0.15, 0.2) is 6.61 Å². The van der Waals surface area contributed by atoms with Crippen LogP contribution in [0.4, 0.5) is 11.4 Å². The summed E-state index contributed by atoms with van der Waals surface area (Å²) in [6.45, 7) is 1.42. The molecule has 1 atom stereocenters. The molecule has 30 heavy (non-hydrogen) atoms. The number of nitrogens with zero attached hydrogens (tertiary/aromatic N) is 1. The average Bonchev–Trinajstić information content (AvgIpc) is 3.11. The molecule has 1 N–H and O–H groups in total. The predicted molar refractivity (Wildman–Crippen MR) is 114 cm³/mol. The van der Waals surface area contributed by atoms with Gasteiger partial charge in [0.2, 0.25) is 5.91 Å². The number of hydrogen-bond acceptors (Lipinski definition) is 5. The van der Waals surface area contributed by atoms with Crippen molar-refractivity contribution in [3.8, 4) is 5.75 Å². The summed E-state index contributed by atoms with van der Waals surface area (Å²) < 4.78 is 10.4. The number of ether oxygens (including phenoxy) is 2. The third kappa shape index (κ3) is 4.86. The first-order chi connectivity index (χ1) is 14.3. The van der Waals surface area contributed by atoms with Crippen molar-refractivity contribution in [2.24, 2.45) is 5.92 Å². The number of carbonyl (C=O) groups is 3. The highest BCUT2D eigenvalue weighted by molar-refractivity contribution is 6.32. The van der Waals surface area contributed by atoms with Crippen LogP contribution in [0.1, 0.15) is 12.0 Å². The van der Waals surface area contributed by atoms with Crippen molar-refractivity contribution in [2.45, 2.75) is 13.3 Å². The van der Waals surface area contributed by atoms with Gasteiger partial charge in [0.05, 0.1) is 18.7 Å². The summed E-state index contributed by atoms with van der Waals surface area (Å²) in [6.07, 6.45) is -0.0243. The van der Waals surface area contributed by atoms with Gasteiger partial charge in [0, 0.05) is 28.7 Å². The lowest BCUT2D eigenvalue weighted by molar-refractivity contribution is -0.151. The largest absolute Gasteiger partial charge is 0.495 e. The number of anilines is 2. The molecule has 7 nitrogen and oxygen atoms in total. The van der Waals surface area contributed by atoms with E-state index in [0.29, 0.717) is 32.7 Å². The molecule has 9 heteroatoms. The fourth-order valence-corrected chi connectivity index (χ4v) is 3.50. The lowest BCUT2D eigenvalue weighted by Crippen LogP contribution is -2.28. The molecule has 2 amide bonds. The Labute approximate surface area is 183 Å². The van der Waals surface area contributed by atoms with E-state index in [-0.39, 0.29) is 18.9 Å². The highest BCUT2D eigenvalue weighted by atomic mass is 35.5. The minimum absolute atomic E-state index is 0.0243. The van der Waals surface area contributed by atoms with E-state index >= 15 is 0 Å². The van der Waals surface area contributed by atoms with Crippen LogP contribution < -0.4 is 15.0 Å². The summed E-state index contributed by atoms with van der Waals surface area (Å²) in [5.41, 5.74) is 1.74. The Balaban J connectivity index is 1.59. The molecule has 0 bridgehead atoms. The number of hydrogen-bond donors (Lipinski definition) is 1. The number of rotatable bonds is 6. The Hall–Kier alpha value is -2.77. The standard InChI is InChI=1S/C21H20Cl2N2O5/c1-12-15(23)4-3-5-16(12)24-19(26)11-30-21(28)13-8-20(27)25(10-13)17-9-14(22)6-7-18(17)29-2/h3-7,9,13H,8,10-11H2,1-2H3,(H,24,26)/t13-/m1/s1. The molecule has 1 aliphatic heterocycles. The van der Waals surface area contributed by atoms with E-state index < -0.39 is 24.4 Å². The summed E-state index contributed by atoms with van der Waals surface area (Å²) in [5, 5.41) is 3.61. The van der Waals surface area contributed by atoms with Gasteiger partial charge >= 0.3 is 5.97 Å². The van der Waals surface area contributed by atoms with Crippen molar-refractivity contribution >= 4 is 52.4 Å². The van der Waals surface area contributed by atoms with Gasteiger partial charge in [-0.3, -0.25) is 14.4 Å². The zero-order valence-corrected chi connectivity index (χ0v) is 17.9. The Bertz CT molecular complexity index is 995. The smallest absolute Gasteiger partial charge is 0.311 e. The molecule has 0 aromatic heterocycles. The molecular weight excluding hydrogens is 431 g/mol. The molecule has 1 heterocycles. The summed E-state index contributed by atoms with van der Waals surface area (Å²) in [5.74, 6) is -1.59. The fraction of sp³-hybridized carbons (Fsp3) is 0.286. The zero-order valence-electron chi connectivity index (χ0n) is 16.4. The minimum atomic E-state index is -0.693. The molecule has 3 rings (SSSR count). The van der Waals surface area contributed by atoms with Crippen molar-refractivity contribution in [3.63, 3.8) is 0 Å². The van der Waals surface area contributed by atoms with Crippen molar-refractivity contribution < 1.29 is 23.9 Å². The zero-order chi connectivity index (χ0) is 21.8. The fourth-order valence-electron chi connectivity index (χ4n) is 3.16. The van der Waals surface area contributed by atoms with Crippen LogP contribution in [0.15, 0.2) is 36.4 Å². The van der Waals surface area contributed by atoms with Gasteiger partial charge in [-0.15, -0.1) is 0 Å². The van der Waals surface area contributed by atoms with Gasteiger partial charge in [-0.05, 0) is 42.8 Å². The van der Waals surface area contributed by atoms with Crippen molar-refractivity contribution in [1.82, 2.24) is 0 Å². The minimum Gasteiger partial charge on any atom is -0.495 e. The van der Waals surface area contributed by atoms with Crippen LogP contribution in [0.25, 0.3) is 0 Å². The molecule has 0 unspecified atom stereocenters. The Morgan fingerprint density at radius 1 is 1.23 bits per heavy atom. The number of carbonyl (C=O) groups excluding carboxylic acids is 3. The summed E-state index contributed by atoms with van der Waals surface area (Å²) in [6, 6.07) is 10.0. The van der Waals surface area contributed by atoms with Crippen LogP contribution >= 0.6 is 23.2 Å². The number of benzene rings is 2. The van der Waals surface area contributed by atoms with Crippen LogP contribution in [0.3, 0.4) is 0 Å². The molecule has 158 valence electrons. The molecule has 2 aromatic rings. The van der Waals surface area contributed by atoms with E-state index in [1.54, 1.807) is 43.3 Å². The van der Waals surface area contributed by atoms with E-state index in [0.717, 1.165) is 0 Å². The maximum absolute atomic E-state index is 12.4. The van der Waals surface area contributed by atoms with Gasteiger partial charge in [-0.1, -0.05) is 29.3 Å². The van der Waals surface area contributed by atoms with Crippen molar-refractivity contribution in [1.29, 1.82) is 0 Å². The second-order valence-corrected chi connectivity index (χ2v) is 7.63. The first kappa shape index (κ1) is 21.9. The van der Waals surface area contributed by atoms with Crippen LogP contribution in [0.2, 0.25) is 10.0 Å². The number of amides is 2. The number of halogens is 2. The third-order valence-corrected chi connectivity index (χ3v) is 5.42. The SMILES string of the molecule is COc1ccc(Cl)cc1N1C[C@H](C(=O)OCC(=O)Nc2cccc(Cl)c2C)CC1=O. The van der Waals surface area contributed by atoms with E-state index in [1.807, 2.05) is 0 Å². The first-order valence-electron chi connectivity index (χ1n) is 9.15.